The average Bonchev–Trinajstić information content (AvgIpc) is 2.72. The zero-order valence-corrected chi connectivity index (χ0v) is 19.6. The van der Waals surface area contributed by atoms with Crippen LogP contribution in [0.2, 0.25) is 5.02 Å². The first-order chi connectivity index (χ1) is 14.8. The molecule has 2 aromatic carbocycles. The molecule has 0 bridgehead atoms. The summed E-state index contributed by atoms with van der Waals surface area (Å²) in [7, 11) is 0. The maximum atomic E-state index is 12.0. The number of halogens is 2. The fourth-order valence-electron chi connectivity index (χ4n) is 2.60. The van der Waals surface area contributed by atoms with Crippen molar-refractivity contribution in [3.63, 3.8) is 0 Å². The third-order valence-corrected chi connectivity index (χ3v) is 5.34. The topological polar surface area (TPSA) is 93.7 Å². The van der Waals surface area contributed by atoms with Crippen molar-refractivity contribution in [2.45, 2.75) is 33.1 Å². The highest BCUT2D eigenvalue weighted by Crippen LogP contribution is 2.28. The van der Waals surface area contributed by atoms with Crippen LogP contribution < -0.4 is 15.4 Å². The first-order valence-corrected chi connectivity index (χ1v) is 10.9. The highest BCUT2D eigenvalue weighted by molar-refractivity contribution is 9.10. The number of ether oxygens (including phenoxy) is 2. The fourth-order valence-corrected chi connectivity index (χ4v) is 3.22. The van der Waals surface area contributed by atoms with Crippen molar-refractivity contribution in [1.29, 1.82) is 0 Å². The van der Waals surface area contributed by atoms with E-state index in [4.69, 9.17) is 21.1 Å². The first kappa shape index (κ1) is 24.7. The van der Waals surface area contributed by atoms with E-state index < -0.39 is 18.5 Å². The number of hydrogen-bond acceptors (Lipinski definition) is 5. The number of carbonyl (C=O) groups is 3. The number of anilines is 2. The minimum absolute atomic E-state index is 0.0348. The monoisotopic (exact) mass is 510 g/mol. The van der Waals surface area contributed by atoms with Gasteiger partial charge >= 0.3 is 5.97 Å². The van der Waals surface area contributed by atoms with Crippen LogP contribution in [0, 0.1) is 6.92 Å². The molecule has 166 valence electrons. The molecule has 0 aromatic heterocycles. The van der Waals surface area contributed by atoms with Crippen molar-refractivity contribution in [3.05, 3.63) is 51.5 Å². The molecule has 0 saturated carbocycles. The highest BCUT2D eigenvalue weighted by Gasteiger charge is 2.12. The number of hydrogen-bond donors (Lipinski definition) is 2. The van der Waals surface area contributed by atoms with Crippen LogP contribution in [0.15, 0.2) is 40.9 Å². The van der Waals surface area contributed by atoms with Crippen LogP contribution in [0.5, 0.6) is 5.75 Å². The summed E-state index contributed by atoms with van der Waals surface area (Å²) in [4.78, 5) is 35.8. The Morgan fingerprint density at radius 3 is 2.42 bits per heavy atom. The number of carbonyl (C=O) groups excluding carboxylic acids is 3. The SMILES string of the molecule is CCOc1ccc(NC(=O)CCCC(=O)OCC(=O)Nc2cc(Cl)c(Br)cc2C)cc1. The number of esters is 1. The van der Waals surface area contributed by atoms with Crippen LogP contribution >= 0.6 is 27.5 Å². The van der Waals surface area contributed by atoms with E-state index in [2.05, 4.69) is 26.6 Å². The number of benzene rings is 2. The molecule has 0 aliphatic carbocycles. The normalized spacial score (nSPS) is 10.3. The van der Waals surface area contributed by atoms with E-state index >= 15 is 0 Å². The highest BCUT2D eigenvalue weighted by atomic mass is 79.9. The lowest BCUT2D eigenvalue weighted by Crippen LogP contribution is -2.21. The van der Waals surface area contributed by atoms with E-state index in [1.807, 2.05) is 13.8 Å². The molecular formula is C22H24BrClN2O5. The second-order valence-electron chi connectivity index (χ2n) is 6.65. The summed E-state index contributed by atoms with van der Waals surface area (Å²) in [5, 5.41) is 5.86. The van der Waals surface area contributed by atoms with Crippen molar-refractivity contribution in [3.8, 4) is 5.75 Å². The minimum Gasteiger partial charge on any atom is -0.494 e. The number of nitrogens with one attached hydrogen (secondary N) is 2. The van der Waals surface area contributed by atoms with Crippen LogP contribution in [0.25, 0.3) is 0 Å². The molecule has 0 atom stereocenters. The van der Waals surface area contributed by atoms with Gasteiger partial charge in [-0.15, -0.1) is 0 Å². The van der Waals surface area contributed by atoms with Crippen molar-refractivity contribution >= 4 is 56.7 Å². The van der Waals surface area contributed by atoms with Gasteiger partial charge in [0.1, 0.15) is 5.75 Å². The standard InChI is InChI=1S/C22H24BrClN2O5/c1-3-30-16-9-7-15(8-10-16)25-20(27)5-4-6-22(29)31-13-21(28)26-19-12-18(24)17(23)11-14(19)2/h7-12H,3-6,13H2,1-2H3,(H,25,27)(H,26,28). The van der Waals surface area contributed by atoms with Crippen molar-refractivity contribution in [2.75, 3.05) is 23.8 Å². The molecule has 2 amide bonds. The summed E-state index contributed by atoms with van der Waals surface area (Å²) in [5.41, 5.74) is 2.01. The Hall–Kier alpha value is -2.58. The van der Waals surface area contributed by atoms with E-state index in [1.165, 1.54) is 0 Å². The van der Waals surface area contributed by atoms with E-state index in [9.17, 15) is 14.4 Å². The summed E-state index contributed by atoms with van der Waals surface area (Å²) < 4.78 is 11.0. The van der Waals surface area contributed by atoms with Gasteiger partial charge in [0.2, 0.25) is 5.91 Å². The molecule has 9 heteroatoms. The van der Waals surface area contributed by atoms with Crippen LogP contribution in [-0.4, -0.2) is 31.0 Å². The first-order valence-electron chi connectivity index (χ1n) is 9.72. The second kappa shape index (κ2) is 12.3. The largest absolute Gasteiger partial charge is 0.494 e. The molecule has 2 rings (SSSR count). The Kier molecular flexibility index (Phi) is 9.81. The molecule has 0 radical (unpaired) electrons. The summed E-state index contributed by atoms with van der Waals surface area (Å²) in [5.74, 6) is -0.499. The van der Waals surface area contributed by atoms with Gasteiger partial charge < -0.3 is 20.1 Å². The Balaban J connectivity index is 1.66. The second-order valence-corrected chi connectivity index (χ2v) is 7.91. The molecule has 0 saturated heterocycles. The molecule has 0 heterocycles. The molecule has 0 unspecified atom stereocenters. The zero-order valence-electron chi connectivity index (χ0n) is 17.3. The summed E-state index contributed by atoms with van der Waals surface area (Å²) >= 11 is 9.34. The smallest absolute Gasteiger partial charge is 0.306 e. The third kappa shape index (κ3) is 8.59. The lowest BCUT2D eigenvalue weighted by atomic mass is 10.2. The molecule has 0 aliphatic rings. The number of amides is 2. The minimum atomic E-state index is -0.547. The maximum absolute atomic E-state index is 12.0. The van der Waals surface area contributed by atoms with Gasteiger partial charge in [-0.3, -0.25) is 14.4 Å². The summed E-state index contributed by atoms with van der Waals surface area (Å²) in [6.07, 6.45) is 0.503. The molecule has 0 fully saturated rings. The van der Waals surface area contributed by atoms with Crippen LogP contribution in [0.1, 0.15) is 31.7 Å². The van der Waals surface area contributed by atoms with Crippen LogP contribution in [-0.2, 0) is 19.1 Å². The lowest BCUT2D eigenvalue weighted by molar-refractivity contribution is -0.147. The van der Waals surface area contributed by atoms with E-state index in [0.717, 1.165) is 15.8 Å². The van der Waals surface area contributed by atoms with E-state index in [1.54, 1.807) is 36.4 Å². The fraction of sp³-hybridized carbons (Fsp3) is 0.318. The van der Waals surface area contributed by atoms with Crippen LogP contribution in [0.4, 0.5) is 11.4 Å². The van der Waals surface area contributed by atoms with Crippen LogP contribution in [0.3, 0.4) is 0 Å². The summed E-state index contributed by atoms with van der Waals surface area (Å²) in [6, 6.07) is 10.4. The Bertz CT molecular complexity index is 934. The number of aryl methyl sites for hydroxylation is 1. The van der Waals surface area contributed by atoms with Gasteiger partial charge in [0.25, 0.3) is 5.91 Å². The maximum Gasteiger partial charge on any atom is 0.306 e. The Morgan fingerprint density at radius 1 is 1.03 bits per heavy atom. The quantitative estimate of drug-likeness (QED) is 0.433. The zero-order chi connectivity index (χ0) is 22.8. The Morgan fingerprint density at radius 2 is 1.74 bits per heavy atom. The molecular weight excluding hydrogens is 488 g/mol. The van der Waals surface area contributed by atoms with Gasteiger partial charge in [-0.2, -0.15) is 0 Å². The molecule has 0 aliphatic heterocycles. The van der Waals surface area contributed by atoms with Gasteiger partial charge in [0.05, 0.1) is 11.6 Å². The van der Waals surface area contributed by atoms with Gasteiger partial charge in [0, 0.05) is 28.7 Å². The molecule has 0 spiro atoms. The molecule has 2 aromatic rings. The van der Waals surface area contributed by atoms with E-state index in [-0.39, 0.29) is 18.7 Å². The van der Waals surface area contributed by atoms with Crippen molar-refractivity contribution < 1.29 is 23.9 Å². The predicted molar refractivity (Wildman–Crippen MR) is 124 cm³/mol. The predicted octanol–water partition coefficient (Wildman–Crippen LogP) is 5.10. The molecule has 31 heavy (non-hydrogen) atoms. The van der Waals surface area contributed by atoms with Gasteiger partial charge in [-0.1, -0.05) is 11.6 Å². The summed E-state index contributed by atoms with van der Waals surface area (Å²) in [6.45, 7) is 3.87. The Labute approximate surface area is 194 Å². The average molecular weight is 512 g/mol. The number of rotatable bonds is 10. The van der Waals surface area contributed by atoms with Crippen molar-refractivity contribution in [2.24, 2.45) is 0 Å². The van der Waals surface area contributed by atoms with Gasteiger partial charge in [-0.25, -0.2) is 0 Å². The van der Waals surface area contributed by atoms with E-state index in [0.29, 0.717) is 29.4 Å². The van der Waals surface area contributed by atoms with Gasteiger partial charge in [0.15, 0.2) is 6.61 Å². The molecule has 2 N–H and O–H groups in total. The van der Waals surface area contributed by atoms with Crippen molar-refractivity contribution in [1.82, 2.24) is 0 Å². The molecule has 7 nitrogen and oxygen atoms in total. The van der Waals surface area contributed by atoms with Gasteiger partial charge in [-0.05, 0) is 78.2 Å². The lowest BCUT2D eigenvalue weighted by Gasteiger charge is -2.10. The third-order valence-electron chi connectivity index (χ3n) is 4.14.